The summed E-state index contributed by atoms with van der Waals surface area (Å²) < 4.78 is 1.42. The molecule has 30 heavy (non-hydrogen) atoms. The molecule has 0 nitrogen and oxygen atoms in total. The molecule has 0 aliphatic heterocycles. The van der Waals surface area contributed by atoms with Crippen molar-refractivity contribution in [2.75, 3.05) is 0 Å². The van der Waals surface area contributed by atoms with E-state index >= 15 is 0 Å². The normalized spacial score (nSPS) is 15.3. The minimum absolute atomic E-state index is 0. The van der Waals surface area contributed by atoms with Crippen LogP contribution in [0.1, 0.15) is 30.4 Å². The summed E-state index contributed by atoms with van der Waals surface area (Å²) >= 11 is 1.46. The maximum Gasteiger partial charge on any atom is -0.172 e. The second-order valence-electron chi connectivity index (χ2n) is 6.88. The van der Waals surface area contributed by atoms with Crippen LogP contribution in [0.5, 0.6) is 0 Å². The molecule has 0 aromatic heterocycles. The quantitative estimate of drug-likeness (QED) is 0.274. The third-order valence-corrected chi connectivity index (χ3v) is 6.31. The van der Waals surface area contributed by atoms with Crippen molar-refractivity contribution in [3.63, 3.8) is 0 Å². The summed E-state index contributed by atoms with van der Waals surface area (Å²) in [6.45, 7) is 0. The van der Waals surface area contributed by atoms with Gasteiger partial charge < -0.3 is 48.0 Å². The topological polar surface area (TPSA) is 0 Å². The molecule has 0 amide bonds. The van der Waals surface area contributed by atoms with Crippen LogP contribution >= 0.6 is 0 Å². The number of fused-ring (bicyclic) bond motifs is 1. The van der Waals surface area contributed by atoms with Crippen molar-refractivity contribution in [1.82, 2.24) is 0 Å². The third-order valence-electron chi connectivity index (χ3n) is 4.89. The van der Waals surface area contributed by atoms with Gasteiger partial charge in [0, 0.05) is 0 Å². The van der Waals surface area contributed by atoms with E-state index in [2.05, 4.69) is 85.3 Å². The minimum Gasteiger partial charge on any atom is -0.214 e. The molecule has 0 saturated heterocycles. The number of allylic oxidation sites excluding steroid dienone is 4. The van der Waals surface area contributed by atoms with Gasteiger partial charge in [-0.2, -0.15) is 18.2 Å². The average Bonchev–Trinajstić information content (AvgIpc) is 3.50. The molecule has 2 aliphatic carbocycles. The molecule has 5 rings (SSSR count). The Morgan fingerprint density at radius 3 is 1.83 bits per heavy atom. The van der Waals surface area contributed by atoms with Crippen molar-refractivity contribution in [2.24, 2.45) is 5.92 Å². The summed E-state index contributed by atoms with van der Waals surface area (Å²) in [5, 5.41) is 0. The summed E-state index contributed by atoms with van der Waals surface area (Å²) in [5.41, 5.74) is 4.24. The first-order valence-electron chi connectivity index (χ1n) is 9.90. The van der Waals surface area contributed by atoms with Crippen LogP contribution in [-0.2, 0) is 24.2 Å². The Kier molecular flexibility index (Phi) is 14.7. The molecule has 3 aromatic rings. The van der Waals surface area contributed by atoms with Crippen molar-refractivity contribution in [1.29, 1.82) is 0 Å². The zero-order chi connectivity index (χ0) is 19.4. The second kappa shape index (κ2) is 16.1. The van der Waals surface area contributed by atoms with E-state index in [0.29, 0.717) is 0 Å². The maximum atomic E-state index is 2.37. The van der Waals surface area contributed by atoms with Gasteiger partial charge in [-0.3, -0.25) is 0 Å². The van der Waals surface area contributed by atoms with Gasteiger partial charge in [0.25, 0.3) is 0 Å². The fraction of sp³-hybridized carbons (Fsp3) is 0.148. The first kappa shape index (κ1) is 27.4. The van der Waals surface area contributed by atoms with E-state index in [0.717, 1.165) is 5.92 Å². The molecule has 1 saturated carbocycles. The van der Waals surface area contributed by atoms with Crippen LogP contribution in [0, 0.1) is 12.3 Å². The molecular weight excluding hydrogens is 669 g/mol. The molecule has 1 unspecified atom stereocenters. The first-order valence-corrected chi connectivity index (χ1v) is 11.1. The van der Waals surface area contributed by atoms with Crippen molar-refractivity contribution >= 4 is 3.21 Å². The van der Waals surface area contributed by atoms with Crippen LogP contribution in [-0.4, -0.2) is 3.21 Å². The largest absolute Gasteiger partial charge is 0.214 e. The van der Waals surface area contributed by atoms with Gasteiger partial charge in [-0.05, 0) is 12.3 Å². The second-order valence-corrected chi connectivity index (χ2v) is 8.11. The fourth-order valence-corrected chi connectivity index (χ4v) is 4.18. The Hall–Kier alpha value is -0.647. The molecule has 3 aromatic carbocycles. The Bertz CT molecular complexity index is 822. The van der Waals surface area contributed by atoms with E-state index in [1.807, 2.05) is 30.3 Å². The number of hydrogen-bond donors (Lipinski definition) is 0. The Labute approximate surface area is 230 Å². The number of halogens is 2. The summed E-state index contributed by atoms with van der Waals surface area (Å²) in [6, 6.07) is 31.1. The fourth-order valence-electron chi connectivity index (χ4n) is 3.36. The van der Waals surface area contributed by atoms with Gasteiger partial charge in [0.05, 0.1) is 0 Å². The van der Waals surface area contributed by atoms with Crippen LogP contribution in [0.15, 0.2) is 115 Å². The first-order chi connectivity index (χ1) is 13.8. The van der Waals surface area contributed by atoms with Gasteiger partial charge in [0.15, 0.2) is 0 Å². The van der Waals surface area contributed by atoms with E-state index in [-0.39, 0.29) is 48.0 Å². The molecule has 1 fully saturated rings. The van der Waals surface area contributed by atoms with Crippen LogP contribution in [0.25, 0.3) is 0 Å². The third kappa shape index (κ3) is 9.24. The van der Waals surface area contributed by atoms with Crippen LogP contribution < -0.4 is 48.0 Å². The molecule has 0 N–H and O–H groups in total. The van der Waals surface area contributed by atoms with Crippen molar-refractivity contribution in [2.45, 2.75) is 19.3 Å². The minimum atomic E-state index is 0. The number of hydrogen-bond acceptors (Lipinski definition) is 0. The maximum absolute atomic E-state index is 2.37. The van der Waals surface area contributed by atoms with E-state index < -0.39 is 0 Å². The van der Waals surface area contributed by atoms with Crippen LogP contribution in [0.2, 0.25) is 0 Å². The summed E-state index contributed by atoms with van der Waals surface area (Å²) in [7, 11) is 0. The van der Waals surface area contributed by atoms with Crippen molar-refractivity contribution in [3.8, 4) is 0 Å². The molecule has 2 aliphatic rings. The van der Waals surface area contributed by atoms with Gasteiger partial charge in [0.2, 0.25) is 0 Å². The van der Waals surface area contributed by atoms with Gasteiger partial charge in [0.1, 0.15) is 0 Å². The van der Waals surface area contributed by atoms with Gasteiger partial charge in [-0.25, -0.2) is 30.2 Å². The molecule has 0 radical (unpaired) electrons. The predicted octanol–water partition coefficient (Wildman–Crippen LogP) is 0.703. The molecule has 1 atom stereocenters. The average molecular weight is 696 g/mol. The number of rotatable bonds is 2. The predicted molar refractivity (Wildman–Crippen MR) is 117 cm³/mol. The Morgan fingerprint density at radius 2 is 1.37 bits per heavy atom. The van der Waals surface area contributed by atoms with Gasteiger partial charge >= 0.3 is 99.2 Å². The van der Waals surface area contributed by atoms with E-state index in [4.69, 9.17) is 0 Å². The SMILES string of the molecule is C1=CCC2CC[CH-]C2=C1.[I-].[I-].[Zr+2]=[C](c1ccccc1)c1ccccc1.c1cc[cH-]c1. The van der Waals surface area contributed by atoms with E-state index in [1.54, 1.807) is 5.57 Å². The molecule has 3 heteroatoms. The smallest absolute Gasteiger partial charge is 0.172 e. The zero-order valence-corrected chi connectivity index (χ0v) is 23.7. The number of benzene rings is 2. The Balaban J connectivity index is 0.000000242. The summed E-state index contributed by atoms with van der Waals surface area (Å²) in [5.74, 6) is 0.884. The molecule has 0 heterocycles. The van der Waals surface area contributed by atoms with Gasteiger partial charge in [-0.15, -0.1) is 18.6 Å². The summed E-state index contributed by atoms with van der Waals surface area (Å²) in [4.78, 5) is 0. The monoisotopic (exact) mass is 694 g/mol. The standard InChI is InChI=1S/C13H10.C9H11.C5H5.2HI.Zr/c1-3-7-12(8-4-1)11-13-9-5-2-6-10-13;1-2-5-9-7-3-6-8(9)4-1;1-2-4-5-3-1;;;/h1-10H;1-2,4,6,9H,3,5,7H2;1-5H;2*1H;/q;2*-1;;;+2/p-2. The molecular formula is C27H26I2Zr-2. The van der Waals surface area contributed by atoms with Crippen molar-refractivity contribution < 1.29 is 72.2 Å². The zero-order valence-electron chi connectivity index (χ0n) is 16.9. The van der Waals surface area contributed by atoms with Crippen LogP contribution in [0.3, 0.4) is 0 Å². The molecule has 154 valence electrons. The van der Waals surface area contributed by atoms with E-state index in [1.165, 1.54) is 57.8 Å². The summed E-state index contributed by atoms with van der Waals surface area (Å²) in [6.07, 6.45) is 13.0. The van der Waals surface area contributed by atoms with Gasteiger partial charge in [-0.1, -0.05) is 6.42 Å². The molecule has 0 spiro atoms. The van der Waals surface area contributed by atoms with Crippen molar-refractivity contribution in [3.05, 3.63) is 132 Å². The van der Waals surface area contributed by atoms with E-state index in [9.17, 15) is 0 Å². The Morgan fingerprint density at radius 1 is 0.800 bits per heavy atom. The van der Waals surface area contributed by atoms with Crippen LogP contribution in [0.4, 0.5) is 0 Å². The molecule has 0 bridgehead atoms.